The molecule has 0 saturated heterocycles. The summed E-state index contributed by atoms with van der Waals surface area (Å²) < 4.78 is 0. The van der Waals surface area contributed by atoms with E-state index in [0.717, 1.165) is 13.1 Å². The van der Waals surface area contributed by atoms with E-state index >= 15 is 0 Å². The first kappa shape index (κ1) is 11.9. The highest BCUT2D eigenvalue weighted by atomic mass is 15.1. The van der Waals surface area contributed by atoms with Crippen LogP contribution in [0.2, 0.25) is 0 Å². The van der Waals surface area contributed by atoms with Gasteiger partial charge >= 0.3 is 0 Å². The third-order valence-corrected chi connectivity index (χ3v) is 0.882. The molecule has 0 aromatic heterocycles. The lowest BCUT2D eigenvalue weighted by atomic mass is 10.5. The second-order valence-corrected chi connectivity index (χ2v) is 1.80. The van der Waals surface area contributed by atoms with E-state index in [2.05, 4.69) is 31.2 Å². The fraction of sp³-hybridized carbons (Fsp3) is 0.333. The molecule has 0 N–H and O–H groups in total. The van der Waals surface area contributed by atoms with E-state index in [-0.39, 0.29) is 0 Å². The SMILES string of the molecule is C=C.C=CCN(C)CC=C. The van der Waals surface area contributed by atoms with Crippen molar-refractivity contribution < 1.29 is 0 Å². The van der Waals surface area contributed by atoms with Gasteiger partial charge in [0.25, 0.3) is 0 Å². The number of nitrogens with zero attached hydrogens (tertiary/aromatic N) is 1. The maximum absolute atomic E-state index is 3.61. The van der Waals surface area contributed by atoms with Crippen molar-refractivity contribution in [3.63, 3.8) is 0 Å². The second-order valence-electron chi connectivity index (χ2n) is 1.80. The Morgan fingerprint density at radius 1 is 1.10 bits per heavy atom. The van der Waals surface area contributed by atoms with Gasteiger partial charge in [0.05, 0.1) is 0 Å². The van der Waals surface area contributed by atoms with Crippen LogP contribution in [0.15, 0.2) is 38.5 Å². The zero-order valence-corrected chi connectivity index (χ0v) is 6.84. The van der Waals surface area contributed by atoms with E-state index in [4.69, 9.17) is 0 Å². The molecule has 0 spiro atoms. The highest BCUT2D eigenvalue weighted by Crippen LogP contribution is 1.80. The molecule has 0 rings (SSSR count). The predicted octanol–water partition coefficient (Wildman–Crippen LogP) is 2.09. The van der Waals surface area contributed by atoms with Crippen molar-refractivity contribution in [1.29, 1.82) is 0 Å². The molecule has 10 heavy (non-hydrogen) atoms. The summed E-state index contributed by atoms with van der Waals surface area (Å²) in [7, 11) is 2.03. The summed E-state index contributed by atoms with van der Waals surface area (Å²) in [4.78, 5) is 2.12. The average Bonchev–Trinajstić information content (AvgIpc) is 1.93. The molecule has 0 amide bonds. The molecule has 0 aliphatic carbocycles. The first-order valence-corrected chi connectivity index (χ1v) is 3.21. The lowest BCUT2D eigenvalue weighted by Crippen LogP contribution is -2.17. The first-order valence-electron chi connectivity index (χ1n) is 3.21. The molecule has 58 valence electrons. The Balaban J connectivity index is 0. The van der Waals surface area contributed by atoms with Gasteiger partial charge in [-0.2, -0.15) is 0 Å². The van der Waals surface area contributed by atoms with Crippen LogP contribution in [0.3, 0.4) is 0 Å². The average molecular weight is 139 g/mol. The summed E-state index contributed by atoms with van der Waals surface area (Å²) in [5, 5.41) is 0. The van der Waals surface area contributed by atoms with Gasteiger partial charge in [-0.15, -0.1) is 26.3 Å². The Hall–Kier alpha value is -0.820. The summed E-state index contributed by atoms with van der Waals surface area (Å²) in [6, 6.07) is 0. The highest BCUT2D eigenvalue weighted by Gasteiger charge is 1.86. The Morgan fingerprint density at radius 2 is 1.40 bits per heavy atom. The van der Waals surface area contributed by atoms with Crippen LogP contribution < -0.4 is 0 Å². The molecule has 0 unspecified atom stereocenters. The van der Waals surface area contributed by atoms with E-state index in [1.807, 2.05) is 19.2 Å². The molecule has 0 saturated carbocycles. The van der Waals surface area contributed by atoms with Gasteiger partial charge in [-0.25, -0.2) is 0 Å². The molecule has 0 bridgehead atoms. The summed E-state index contributed by atoms with van der Waals surface area (Å²) in [6.07, 6.45) is 3.76. The molecule has 0 radical (unpaired) electrons. The third-order valence-electron chi connectivity index (χ3n) is 0.882. The Bertz CT molecular complexity index is 76.7. The summed E-state index contributed by atoms with van der Waals surface area (Å²) in [5.41, 5.74) is 0. The molecule has 1 heteroatoms. The van der Waals surface area contributed by atoms with E-state index < -0.39 is 0 Å². The molecular formula is C9H17N. The van der Waals surface area contributed by atoms with Crippen LogP contribution in [0.5, 0.6) is 0 Å². The zero-order valence-electron chi connectivity index (χ0n) is 6.84. The van der Waals surface area contributed by atoms with Crippen molar-refractivity contribution in [3.8, 4) is 0 Å². The van der Waals surface area contributed by atoms with Crippen molar-refractivity contribution in [3.05, 3.63) is 38.5 Å². The Kier molecular flexibility index (Phi) is 13.2. The molecule has 0 aromatic carbocycles. The monoisotopic (exact) mass is 139 g/mol. The first-order chi connectivity index (χ1) is 4.81. The zero-order chi connectivity index (χ0) is 8.41. The molecule has 0 aliphatic heterocycles. The normalized spacial score (nSPS) is 7.80. The van der Waals surface area contributed by atoms with Crippen LogP contribution in [0.4, 0.5) is 0 Å². The van der Waals surface area contributed by atoms with Crippen LogP contribution >= 0.6 is 0 Å². The van der Waals surface area contributed by atoms with Gasteiger partial charge in [0.15, 0.2) is 0 Å². The van der Waals surface area contributed by atoms with Crippen LogP contribution in [-0.2, 0) is 0 Å². The smallest absolute Gasteiger partial charge is 0.0160 e. The standard InChI is InChI=1S/C7H13N.C2H4/c1-4-6-8(3)7-5-2;1-2/h4-5H,1-2,6-7H2,3H3;1-2H2. The molecule has 1 nitrogen and oxygen atoms in total. The topological polar surface area (TPSA) is 3.24 Å². The Labute approximate surface area is 64.4 Å². The molecule has 0 aliphatic rings. The largest absolute Gasteiger partial charge is 0.299 e. The lowest BCUT2D eigenvalue weighted by molar-refractivity contribution is 0.413. The van der Waals surface area contributed by atoms with Crippen LogP contribution in [-0.4, -0.2) is 25.0 Å². The van der Waals surface area contributed by atoms with Crippen molar-refractivity contribution in [1.82, 2.24) is 4.90 Å². The van der Waals surface area contributed by atoms with E-state index in [0.29, 0.717) is 0 Å². The number of likely N-dealkylation sites (N-methyl/N-ethyl adjacent to an activating group) is 1. The molecule has 0 aromatic rings. The quantitative estimate of drug-likeness (QED) is 0.539. The second kappa shape index (κ2) is 11.0. The molecular weight excluding hydrogens is 122 g/mol. The number of hydrogen-bond donors (Lipinski definition) is 0. The van der Waals surface area contributed by atoms with Crippen molar-refractivity contribution in [2.45, 2.75) is 0 Å². The maximum atomic E-state index is 3.61. The van der Waals surface area contributed by atoms with Gasteiger partial charge < -0.3 is 0 Å². The van der Waals surface area contributed by atoms with E-state index in [1.165, 1.54) is 0 Å². The molecule has 0 fully saturated rings. The van der Waals surface area contributed by atoms with Crippen molar-refractivity contribution in [2.24, 2.45) is 0 Å². The van der Waals surface area contributed by atoms with Crippen molar-refractivity contribution in [2.75, 3.05) is 20.1 Å². The van der Waals surface area contributed by atoms with Gasteiger partial charge in [0, 0.05) is 13.1 Å². The van der Waals surface area contributed by atoms with Gasteiger partial charge in [-0.05, 0) is 7.05 Å². The van der Waals surface area contributed by atoms with Gasteiger partial charge in [-0.1, -0.05) is 12.2 Å². The fourth-order valence-electron chi connectivity index (χ4n) is 0.515. The van der Waals surface area contributed by atoms with Gasteiger partial charge in [-0.3, -0.25) is 4.90 Å². The Morgan fingerprint density at radius 3 is 1.60 bits per heavy atom. The fourth-order valence-corrected chi connectivity index (χ4v) is 0.515. The molecule has 0 atom stereocenters. The minimum atomic E-state index is 0.937. The number of hydrogen-bond acceptors (Lipinski definition) is 1. The third kappa shape index (κ3) is 10.2. The van der Waals surface area contributed by atoms with E-state index in [9.17, 15) is 0 Å². The minimum absolute atomic E-state index is 0.937. The van der Waals surface area contributed by atoms with Crippen molar-refractivity contribution >= 4 is 0 Å². The highest BCUT2D eigenvalue weighted by molar-refractivity contribution is 4.76. The van der Waals surface area contributed by atoms with E-state index in [1.54, 1.807) is 0 Å². The maximum Gasteiger partial charge on any atom is 0.0160 e. The van der Waals surface area contributed by atoms with Crippen LogP contribution in [0.1, 0.15) is 0 Å². The van der Waals surface area contributed by atoms with Crippen LogP contribution in [0.25, 0.3) is 0 Å². The van der Waals surface area contributed by atoms with Crippen LogP contribution in [0, 0.1) is 0 Å². The van der Waals surface area contributed by atoms with Gasteiger partial charge in [0.2, 0.25) is 0 Å². The minimum Gasteiger partial charge on any atom is -0.299 e. The summed E-state index contributed by atoms with van der Waals surface area (Å²) in [5.74, 6) is 0. The van der Waals surface area contributed by atoms with Gasteiger partial charge in [0.1, 0.15) is 0 Å². The summed E-state index contributed by atoms with van der Waals surface area (Å²) >= 11 is 0. The lowest BCUT2D eigenvalue weighted by Gasteiger charge is -2.09. The molecule has 0 heterocycles. The summed E-state index contributed by atoms with van der Waals surface area (Å²) in [6.45, 7) is 15.1. The number of rotatable bonds is 4. The predicted molar refractivity (Wildman–Crippen MR) is 49.1 cm³/mol.